The van der Waals surface area contributed by atoms with E-state index in [9.17, 15) is 9.59 Å². The number of H-pyrrole nitrogens is 1. The van der Waals surface area contributed by atoms with Crippen molar-refractivity contribution in [2.24, 2.45) is 0 Å². The lowest BCUT2D eigenvalue weighted by atomic mass is 10.2. The van der Waals surface area contributed by atoms with Crippen LogP contribution in [0.1, 0.15) is 17.4 Å². The fourth-order valence-electron chi connectivity index (χ4n) is 2.84. The molecule has 2 heterocycles. The number of fused-ring (bicyclic) bond motifs is 2. The van der Waals surface area contributed by atoms with E-state index in [0.29, 0.717) is 35.8 Å². The van der Waals surface area contributed by atoms with Gasteiger partial charge in [-0.2, -0.15) is 5.10 Å². The third kappa shape index (κ3) is 3.41. The number of benzene rings is 2. The summed E-state index contributed by atoms with van der Waals surface area (Å²) in [4.78, 5) is 24.9. The molecule has 1 unspecified atom stereocenters. The van der Waals surface area contributed by atoms with Gasteiger partial charge in [-0.1, -0.05) is 18.2 Å². The Morgan fingerprint density at radius 1 is 1.11 bits per heavy atom. The summed E-state index contributed by atoms with van der Waals surface area (Å²) in [5, 5.41) is 13.0. The van der Waals surface area contributed by atoms with Crippen molar-refractivity contribution in [1.82, 2.24) is 15.5 Å². The number of rotatable bonds is 4. The summed E-state index contributed by atoms with van der Waals surface area (Å²) in [5.41, 5.74) is 1.58. The standard InChI is InChI=1S/C19H18N4O4/c1-11(20-19(25)17-13-4-2-3-5-14(13)22-23-17)18(24)21-12-6-7-15-16(10-12)27-9-8-26-15/h2-7,10-11H,8-9H2,1H3,(H,20,25)(H,21,24)(H,22,23). The minimum absolute atomic E-state index is 0.254. The zero-order valence-electron chi connectivity index (χ0n) is 14.6. The first kappa shape index (κ1) is 16.9. The van der Waals surface area contributed by atoms with E-state index in [1.807, 2.05) is 18.2 Å². The first-order chi connectivity index (χ1) is 13.1. The summed E-state index contributed by atoms with van der Waals surface area (Å²) in [5.74, 6) is 0.460. The number of amides is 2. The second-order valence-corrected chi connectivity index (χ2v) is 6.16. The van der Waals surface area contributed by atoms with Gasteiger partial charge in [0.25, 0.3) is 5.91 Å². The average Bonchev–Trinajstić information content (AvgIpc) is 3.12. The largest absolute Gasteiger partial charge is 0.486 e. The van der Waals surface area contributed by atoms with Crippen LogP contribution in [0.5, 0.6) is 11.5 Å². The lowest BCUT2D eigenvalue weighted by Gasteiger charge is -2.19. The van der Waals surface area contributed by atoms with Crippen LogP contribution < -0.4 is 20.1 Å². The SMILES string of the molecule is CC(NC(=O)c1n[nH]c2ccccc12)C(=O)Nc1ccc2c(c1)OCCO2. The Labute approximate surface area is 154 Å². The fraction of sp³-hybridized carbons (Fsp3) is 0.211. The summed E-state index contributed by atoms with van der Waals surface area (Å²) < 4.78 is 11.0. The normalized spacial score (nSPS) is 13.8. The molecule has 1 aromatic heterocycles. The lowest BCUT2D eigenvalue weighted by Crippen LogP contribution is -2.41. The Hall–Kier alpha value is -3.55. The smallest absolute Gasteiger partial charge is 0.273 e. The van der Waals surface area contributed by atoms with Gasteiger partial charge < -0.3 is 20.1 Å². The van der Waals surface area contributed by atoms with Crippen molar-refractivity contribution in [2.75, 3.05) is 18.5 Å². The molecule has 0 bridgehead atoms. The van der Waals surface area contributed by atoms with Crippen molar-refractivity contribution in [1.29, 1.82) is 0 Å². The van der Waals surface area contributed by atoms with E-state index in [1.54, 1.807) is 31.2 Å². The highest BCUT2D eigenvalue weighted by atomic mass is 16.6. The van der Waals surface area contributed by atoms with Crippen molar-refractivity contribution in [2.45, 2.75) is 13.0 Å². The highest BCUT2D eigenvalue weighted by molar-refractivity contribution is 6.07. The predicted octanol–water partition coefficient (Wildman–Crippen LogP) is 2.09. The first-order valence-electron chi connectivity index (χ1n) is 8.56. The Bertz CT molecular complexity index is 1010. The molecule has 3 N–H and O–H groups in total. The highest BCUT2D eigenvalue weighted by Crippen LogP contribution is 2.32. The first-order valence-corrected chi connectivity index (χ1v) is 8.56. The minimum atomic E-state index is -0.749. The van der Waals surface area contributed by atoms with E-state index in [4.69, 9.17) is 9.47 Å². The van der Waals surface area contributed by atoms with Crippen molar-refractivity contribution in [3.63, 3.8) is 0 Å². The number of nitrogens with one attached hydrogen (secondary N) is 3. The molecule has 3 aromatic rings. The summed E-state index contributed by atoms with van der Waals surface area (Å²) in [6.07, 6.45) is 0. The van der Waals surface area contributed by atoms with Crippen LogP contribution in [0.25, 0.3) is 10.9 Å². The number of carbonyl (C=O) groups is 2. The number of aromatic amines is 1. The highest BCUT2D eigenvalue weighted by Gasteiger charge is 2.21. The molecule has 0 saturated carbocycles. The molecule has 138 valence electrons. The maximum atomic E-state index is 12.5. The zero-order valence-corrected chi connectivity index (χ0v) is 14.6. The Morgan fingerprint density at radius 3 is 2.74 bits per heavy atom. The van der Waals surface area contributed by atoms with Gasteiger partial charge in [-0.15, -0.1) is 0 Å². The minimum Gasteiger partial charge on any atom is -0.486 e. The second-order valence-electron chi connectivity index (χ2n) is 6.16. The van der Waals surface area contributed by atoms with Crippen molar-refractivity contribution >= 4 is 28.4 Å². The quantitative estimate of drug-likeness (QED) is 0.656. The van der Waals surface area contributed by atoms with Crippen LogP contribution in [0.4, 0.5) is 5.69 Å². The van der Waals surface area contributed by atoms with Crippen LogP contribution in [-0.2, 0) is 4.79 Å². The summed E-state index contributed by atoms with van der Waals surface area (Å²) in [6, 6.07) is 11.7. The van der Waals surface area contributed by atoms with Crippen molar-refractivity contribution < 1.29 is 19.1 Å². The molecule has 27 heavy (non-hydrogen) atoms. The second kappa shape index (κ2) is 6.99. The molecule has 2 amide bonds. The molecule has 1 aliphatic rings. The fourth-order valence-corrected chi connectivity index (χ4v) is 2.84. The van der Waals surface area contributed by atoms with E-state index in [0.717, 1.165) is 5.52 Å². The number of anilines is 1. The molecule has 2 aromatic carbocycles. The van der Waals surface area contributed by atoms with E-state index in [2.05, 4.69) is 20.8 Å². The molecule has 8 nitrogen and oxygen atoms in total. The molecule has 0 spiro atoms. The van der Waals surface area contributed by atoms with Crippen molar-refractivity contribution in [3.8, 4) is 11.5 Å². The van der Waals surface area contributed by atoms with Gasteiger partial charge in [-0.25, -0.2) is 0 Å². The topological polar surface area (TPSA) is 105 Å². The van der Waals surface area contributed by atoms with Gasteiger partial charge in [0.05, 0.1) is 5.52 Å². The van der Waals surface area contributed by atoms with Gasteiger partial charge in [0, 0.05) is 17.1 Å². The molecule has 1 aliphatic heterocycles. The van der Waals surface area contributed by atoms with Gasteiger partial charge in [0.1, 0.15) is 19.3 Å². The van der Waals surface area contributed by atoms with Crippen LogP contribution in [0.15, 0.2) is 42.5 Å². The molecule has 4 rings (SSSR count). The number of ether oxygens (including phenoxy) is 2. The number of nitrogens with zero attached hydrogens (tertiary/aromatic N) is 1. The molecule has 0 fully saturated rings. The third-order valence-electron chi connectivity index (χ3n) is 4.24. The predicted molar refractivity (Wildman–Crippen MR) is 99.1 cm³/mol. The average molecular weight is 366 g/mol. The molecule has 0 radical (unpaired) electrons. The van der Waals surface area contributed by atoms with Gasteiger partial charge in [0.2, 0.25) is 5.91 Å². The number of para-hydroxylation sites is 1. The zero-order chi connectivity index (χ0) is 18.8. The van der Waals surface area contributed by atoms with E-state index in [-0.39, 0.29) is 11.6 Å². The molecule has 0 saturated heterocycles. The summed E-state index contributed by atoms with van der Waals surface area (Å²) >= 11 is 0. The lowest BCUT2D eigenvalue weighted by molar-refractivity contribution is -0.117. The van der Waals surface area contributed by atoms with Crippen molar-refractivity contribution in [3.05, 3.63) is 48.2 Å². The van der Waals surface area contributed by atoms with Gasteiger partial charge in [-0.05, 0) is 25.1 Å². The van der Waals surface area contributed by atoms with Gasteiger partial charge in [-0.3, -0.25) is 14.7 Å². The molecule has 1 atom stereocenters. The molecular formula is C19H18N4O4. The monoisotopic (exact) mass is 366 g/mol. The van der Waals surface area contributed by atoms with Gasteiger partial charge in [0.15, 0.2) is 17.2 Å². The Morgan fingerprint density at radius 2 is 1.89 bits per heavy atom. The Balaban J connectivity index is 1.42. The maximum Gasteiger partial charge on any atom is 0.273 e. The van der Waals surface area contributed by atoms with Crippen LogP contribution >= 0.6 is 0 Å². The number of hydrogen-bond donors (Lipinski definition) is 3. The van der Waals surface area contributed by atoms with Crippen LogP contribution in [0.3, 0.4) is 0 Å². The van der Waals surface area contributed by atoms with Crippen LogP contribution in [0.2, 0.25) is 0 Å². The Kier molecular flexibility index (Phi) is 4.37. The summed E-state index contributed by atoms with van der Waals surface area (Å²) in [7, 11) is 0. The number of hydrogen-bond acceptors (Lipinski definition) is 5. The summed E-state index contributed by atoms with van der Waals surface area (Å²) in [6.45, 7) is 2.58. The maximum absolute atomic E-state index is 12.5. The van der Waals surface area contributed by atoms with Gasteiger partial charge >= 0.3 is 0 Å². The molecule has 8 heteroatoms. The number of carbonyl (C=O) groups excluding carboxylic acids is 2. The third-order valence-corrected chi connectivity index (χ3v) is 4.24. The van der Waals surface area contributed by atoms with E-state index < -0.39 is 11.9 Å². The molecular weight excluding hydrogens is 348 g/mol. The van der Waals surface area contributed by atoms with E-state index >= 15 is 0 Å². The molecule has 0 aliphatic carbocycles. The van der Waals surface area contributed by atoms with E-state index in [1.165, 1.54) is 0 Å². The number of aromatic nitrogens is 2. The van der Waals surface area contributed by atoms with Crippen LogP contribution in [0, 0.1) is 0 Å². The van der Waals surface area contributed by atoms with Crippen LogP contribution in [-0.4, -0.2) is 41.3 Å².